The molecule has 0 fully saturated rings. The smallest absolute Gasteiger partial charge is 0.295 e. The number of rotatable bonds is 7. The van der Waals surface area contributed by atoms with Crippen LogP contribution in [0.5, 0.6) is 23.1 Å². The highest BCUT2D eigenvalue weighted by molar-refractivity contribution is 5.98. The molecule has 3 aromatic rings. The zero-order chi connectivity index (χ0) is 21.0. The van der Waals surface area contributed by atoms with E-state index in [-0.39, 0.29) is 17.1 Å². The van der Waals surface area contributed by atoms with Crippen LogP contribution in [0.4, 0.5) is 5.69 Å². The minimum absolute atomic E-state index is 0.0190. The van der Waals surface area contributed by atoms with Gasteiger partial charge in [0.2, 0.25) is 11.6 Å². The number of carbonyl (C=O) groups is 1. The van der Waals surface area contributed by atoms with Crippen molar-refractivity contribution in [1.29, 1.82) is 0 Å². The van der Waals surface area contributed by atoms with Crippen molar-refractivity contribution in [3.63, 3.8) is 0 Å². The lowest BCUT2D eigenvalue weighted by molar-refractivity contribution is 0.0994. The second-order valence-electron chi connectivity index (χ2n) is 6.26. The Morgan fingerprint density at radius 1 is 1.07 bits per heavy atom. The first-order valence-electron chi connectivity index (χ1n) is 9.11. The summed E-state index contributed by atoms with van der Waals surface area (Å²) in [5, 5.41) is 19.2. The van der Waals surface area contributed by atoms with Crippen molar-refractivity contribution < 1.29 is 24.1 Å². The SMILES string of the molecule is CCCn1c(O)c(N=NC(=O)c2cc(OC)c(OC)c(OC)c2)c2ccccc21. The molecule has 0 aliphatic heterocycles. The Labute approximate surface area is 168 Å². The highest BCUT2D eigenvalue weighted by atomic mass is 16.5. The molecule has 0 aliphatic carbocycles. The van der Waals surface area contributed by atoms with Crippen molar-refractivity contribution in [2.45, 2.75) is 19.9 Å². The molecule has 1 amide bonds. The molecule has 1 heterocycles. The molecule has 0 saturated heterocycles. The third kappa shape index (κ3) is 3.73. The molecule has 0 atom stereocenters. The van der Waals surface area contributed by atoms with Gasteiger partial charge in [0.15, 0.2) is 17.2 Å². The first-order valence-corrected chi connectivity index (χ1v) is 9.11. The largest absolute Gasteiger partial charge is 0.493 e. The van der Waals surface area contributed by atoms with E-state index < -0.39 is 5.91 Å². The Bertz CT molecular complexity index is 1050. The Balaban J connectivity index is 2.01. The molecule has 0 radical (unpaired) electrons. The third-order valence-corrected chi connectivity index (χ3v) is 4.52. The molecule has 0 saturated carbocycles. The number of hydrogen-bond acceptors (Lipinski definition) is 6. The summed E-state index contributed by atoms with van der Waals surface area (Å²) in [5.74, 6) is 0.440. The summed E-state index contributed by atoms with van der Waals surface area (Å²) in [6.07, 6.45) is 0.840. The van der Waals surface area contributed by atoms with Crippen LogP contribution in [-0.2, 0) is 6.54 Å². The molecule has 0 aliphatic rings. The maximum atomic E-state index is 12.6. The van der Waals surface area contributed by atoms with Crippen molar-refractivity contribution in [2.75, 3.05) is 21.3 Å². The van der Waals surface area contributed by atoms with Crippen LogP contribution >= 0.6 is 0 Å². The molecular weight excluding hydrogens is 374 g/mol. The quantitative estimate of drug-likeness (QED) is 0.583. The van der Waals surface area contributed by atoms with Gasteiger partial charge in [-0.3, -0.25) is 4.79 Å². The molecule has 152 valence electrons. The molecule has 0 spiro atoms. The third-order valence-electron chi connectivity index (χ3n) is 4.52. The molecule has 29 heavy (non-hydrogen) atoms. The van der Waals surface area contributed by atoms with Gasteiger partial charge in [0.1, 0.15) is 0 Å². The monoisotopic (exact) mass is 397 g/mol. The van der Waals surface area contributed by atoms with Crippen molar-refractivity contribution >= 4 is 22.5 Å². The van der Waals surface area contributed by atoms with Crippen LogP contribution in [0.15, 0.2) is 46.6 Å². The van der Waals surface area contributed by atoms with Crippen LogP contribution in [0.3, 0.4) is 0 Å². The van der Waals surface area contributed by atoms with Gasteiger partial charge >= 0.3 is 0 Å². The van der Waals surface area contributed by atoms with Crippen molar-refractivity contribution in [3.8, 4) is 23.1 Å². The summed E-state index contributed by atoms with van der Waals surface area (Å²) in [5.41, 5.74) is 1.32. The van der Waals surface area contributed by atoms with Crippen LogP contribution in [0.25, 0.3) is 10.9 Å². The van der Waals surface area contributed by atoms with E-state index in [9.17, 15) is 9.90 Å². The summed E-state index contributed by atoms with van der Waals surface area (Å²) in [6.45, 7) is 2.64. The van der Waals surface area contributed by atoms with E-state index in [1.807, 2.05) is 31.2 Å². The molecule has 3 rings (SSSR count). The molecular formula is C21H23N3O5. The second kappa shape index (κ2) is 8.64. The molecule has 2 aromatic carbocycles. The summed E-state index contributed by atoms with van der Waals surface area (Å²) in [7, 11) is 4.41. The number of carbonyl (C=O) groups excluding carboxylic acids is 1. The second-order valence-corrected chi connectivity index (χ2v) is 6.26. The first-order chi connectivity index (χ1) is 14.0. The zero-order valence-electron chi connectivity index (χ0n) is 16.8. The lowest BCUT2D eigenvalue weighted by atomic mass is 10.1. The standard InChI is InChI=1S/C21H23N3O5/c1-5-10-24-15-9-7-6-8-14(15)18(21(24)26)22-23-20(25)13-11-16(27-2)19(29-4)17(12-13)28-3/h6-9,11-12,26H,5,10H2,1-4H3. The van der Waals surface area contributed by atoms with Crippen molar-refractivity contribution in [3.05, 3.63) is 42.0 Å². The predicted molar refractivity (Wildman–Crippen MR) is 109 cm³/mol. The number of nitrogens with zero attached hydrogens (tertiary/aromatic N) is 3. The van der Waals surface area contributed by atoms with Gasteiger partial charge in [-0.2, -0.15) is 0 Å². The molecule has 0 unspecified atom stereocenters. The maximum Gasteiger partial charge on any atom is 0.295 e. The minimum Gasteiger partial charge on any atom is -0.493 e. The van der Waals surface area contributed by atoms with Crippen molar-refractivity contribution in [1.82, 2.24) is 4.57 Å². The Morgan fingerprint density at radius 3 is 2.31 bits per heavy atom. The van der Waals surface area contributed by atoms with E-state index >= 15 is 0 Å². The summed E-state index contributed by atoms with van der Waals surface area (Å²) >= 11 is 0. The fourth-order valence-corrected chi connectivity index (χ4v) is 3.18. The van der Waals surface area contributed by atoms with Gasteiger partial charge in [0.25, 0.3) is 5.91 Å². The topological polar surface area (TPSA) is 94.6 Å². The van der Waals surface area contributed by atoms with Crippen molar-refractivity contribution in [2.24, 2.45) is 10.2 Å². The van der Waals surface area contributed by atoms with Crippen LogP contribution in [0, 0.1) is 0 Å². The fourth-order valence-electron chi connectivity index (χ4n) is 3.18. The van der Waals surface area contributed by atoms with Gasteiger partial charge < -0.3 is 23.9 Å². The number of aryl methyl sites for hydroxylation is 1. The van der Waals surface area contributed by atoms with Crippen LogP contribution in [0.2, 0.25) is 0 Å². The lowest BCUT2D eigenvalue weighted by Gasteiger charge is -2.12. The first kappa shape index (κ1) is 20.2. The fraction of sp³-hybridized carbons (Fsp3) is 0.286. The Kier molecular flexibility index (Phi) is 6.01. The Hall–Kier alpha value is -3.55. The number of aromatic nitrogens is 1. The van der Waals surface area contributed by atoms with Gasteiger partial charge in [0.05, 0.1) is 32.4 Å². The number of ether oxygens (including phenoxy) is 3. The average Bonchev–Trinajstić information content (AvgIpc) is 3.02. The normalized spacial score (nSPS) is 11.2. The highest BCUT2D eigenvalue weighted by Crippen LogP contribution is 2.40. The van der Waals surface area contributed by atoms with Crippen LogP contribution in [-0.4, -0.2) is 36.9 Å². The summed E-state index contributed by atoms with van der Waals surface area (Å²) < 4.78 is 17.6. The zero-order valence-corrected chi connectivity index (χ0v) is 16.8. The predicted octanol–water partition coefficient (Wildman–Crippen LogP) is 4.71. The molecule has 1 aromatic heterocycles. The van der Waals surface area contributed by atoms with Gasteiger partial charge in [-0.25, -0.2) is 0 Å². The number of benzene rings is 2. The van der Waals surface area contributed by atoms with E-state index in [4.69, 9.17) is 14.2 Å². The van der Waals surface area contributed by atoms with E-state index in [2.05, 4.69) is 10.2 Å². The van der Waals surface area contributed by atoms with E-state index in [0.29, 0.717) is 23.8 Å². The lowest BCUT2D eigenvalue weighted by Crippen LogP contribution is -2.00. The van der Waals surface area contributed by atoms with Crippen LogP contribution < -0.4 is 14.2 Å². The number of para-hydroxylation sites is 1. The minimum atomic E-state index is -0.601. The van der Waals surface area contributed by atoms with E-state index in [1.165, 1.54) is 33.5 Å². The highest BCUT2D eigenvalue weighted by Gasteiger charge is 2.19. The summed E-state index contributed by atoms with van der Waals surface area (Å²) in [6, 6.07) is 10.5. The number of aromatic hydroxyl groups is 1. The number of fused-ring (bicyclic) bond motifs is 1. The molecule has 1 N–H and O–H groups in total. The summed E-state index contributed by atoms with van der Waals surface area (Å²) in [4.78, 5) is 12.6. The number of methoxy groups -OCH3 is 3. The molecule has 8 heteroatoms. The Morgan fingerprint density at radius 2 is 1.72 bits per heavy atom. The maximum absolute atomic E-state index is 12.6. The molecule has 0 bridgehead atoms. The van der Waals surface area contributed by atoms with Gasteiger partial charge in [-0.15, -0.1) is 10.2 Å². The van der Waals surface area contributed by atoms with Gasteiger partial charge in [0, 0.05) is 11.9 Å². The van der Waals surface area contributed by atoms with Gasteiger partial charge in [-0.1, -0.05) is 25.1 Å². The van der Waals surface area contributed by atoms with Gasteiger partial charge in [-0.05, 0) is 24.6 Å². The van der Waals surface area contributed by atoms with Crippen LogP contribution in [0.1, 0.15) is 23.7 Å². The average molecular weight is 397 g/mol. The van der Waals surface area contributed by atoms with E-state index in [1.54, 1.807) is 4.57 Å². The van der Waals surface area contributed by atoms with E-state index in [0.717, 1.165) is 17.3 Å². The molecule has 8 nitrogen and oxygen atoms in total. The number of amides is 1. The number of azo groups is 1. The number of hydrogen-bond donors (Lipinski definition) is 1.